The van der Waals surface area contributed by atoms with Crippen molar-refractivity contribution >= 4 is 11.8 Å². The third-order valence-corrected chi connectivity index (χ3v) is 6.21. The molecule has 110 valence electrons. The molecule has 1 aromatic rings. The average molecular weight is 289 g/mol. The molecule has 20 heavy (non-hydrogen) atoms. The normalized spacial score (nSPS) is 33.7. The highest BCUT2D eigenvalue weighted by molar-refractivity contribution is 7.99. The zero-order valence-corrected chi connectivity index (χ0v) is 13.6. The van der Waals surface area contributed by atoms with Crippen molar-refractivity contribution in [2.24, 2.45) is 0 Å². The van der Waals surface area contributed by atoms with Crippen molar-refractivity contribution < 1.29 is 0 Å². The molecular weight excluding hydrogens is 262 g/mol. The van der Waals surface area contributed by atoms with Crippen LogP contribution in [0.2, 0.25) is 0 Å². The molecule has 2 heteroatoms. The number of rotatable bonds is 4. The van der Waals surface area contributed by atoms with Crippen molar-refractivity contribution in [2.45, 2.75) is 68.7 Å². The van der Waals surface area contributed by atoms with Crippen LogP contribution in [0, 0.1) is 6.92 Å². The third-order valence-electron chi connectivity index (χ3n) is 5.12. The summed E-state index contributed by atoms with van der Waals surface area (Å²) in [6.07, 6.45) is 10.6. The monoisotopic (exact) mass is 289 g/mol. The smallest absolute Gasteiger partial charge is 0.00813 e. The molecule has 2 aliphatic rings. The first-order chi connectivity index (χ1) is 9.74. The minimum Gasteiger partial charge on any atom is -0.311 e. The molecule has 0 bridgehead atoms. The predicted octanol–water partition coefficient (Wildman–Crippen LogP) is 4.50. The van der Waals surface area contributed by atoms with Crippen molar-refractivity contribution in [3.05, 3.63) is 35.4 Å². The van der Waals surface area contributed by atoms with Crippen LogP contribution in [-0.4, -0.2) is 23.6 Å². The predicted molar refractivity (Wildman–Crippen MR) is 89.6 cm³/mol. The Bertz CT molecular complexity index is 422. The summed E-state index contributed by atoms with van der Waals surface area (Å²) in [5, 5.41) is 4.81. The van der Waals surface area contributed by atoms with Crippen molar-refractivity contribution in [1.29, 1.82) is 0 Å². The molecule has 0 heterocycles. The summed E-state index contributed by atoms with van der Waals surface area (Å²) in [4.78, 5) is 0. The molecule has 2 atom stereocenters. The Labute approximate surface area is 127 Å². The van der Waals surface area contributed by atoms with E-state index in [9.17, 15) is 0 Å². The fourth-order valence-electron chi connectivity index (χ4n) is 3.71. The summed E-state index contributed by atoms with van der Waals surface area (Å²) < 4.78 is 0. The van der Waals surface area contributed by atoms with E-state index < -0.39 is 0 Å². The molecule has 1 aromatic carbocycles. The van der Waals surface area contributed by atoms with E-state index >= 15 is 0 Å². The molecule has 2 saturated carbocycles. The Balaban J connectivity index is 1.45. The number of nitrogens with one attached hydrogen (secondary N) is 1. The van der Waals surface area contributed by atoms with Gasteiger partial charge in [0.25, 0.3) is 0 Å². The number of hydrogen-bond donors (Lipinski definition) is 1. The summed E-state index contributed by atoms with van der Waals surface area (Å²) in [6, 6.07) is 10.7. The summed E-state index contributed by atoms with van der Waals surface area (Å²) in [5.74, 6) is 0.799. The van der Waals surface area contributed by atoms with Crippen LogP contribution in [0.15, 0.2) is 24.3 Å². The fraction of sp³-hybridized carbons (Fsp3) is 0.667. The molecule has 0 spiro atoms. The fourth-order valence-corrected chi connectivity index (χ4v) is 4.54. The van der Waals surface area contributed by atoms with Gasteiger partial charge in [-0.05, 0) is 56.8 Å². The maximum absolute atomic E-state index is 3.92. The van der Waals surface area contributed by atoms with Gasteiger partial charge >= 0.3 is 0 Å². The highest BCUT2D eigenvalue weighted by Gasteiger charge is 2.32. The summed E-state index contributed by atoms with van der Waals surface area (Å²) in [5.41, 5.74) is 2.91. The Morgan fingerprint density at radius 1 is 1.00 bits per heavy atom. The van der Waals surface area contributed by atoms with Crippen LogP contribution in [0.1, 0.15) is 55.6 Å². The lowest BCUT2D eigenvalue weighted by Gasteiger charge is -2.40. The second kappa shape index (κ2) is 6.53. The van der Waals surface area contributed by atoms with Crippen LogP contribution in [0.3, 0.4) is 0 Å². The summed E-state index contributed by atoms with van der Waals surface area (Å²) in [6.45, 7) is 2.17. The Kier molecular flexibility index (Phi) is 4.72. The van der Waals surface area contributed by atoms with Gasteiger partial charge < -0.3 is 5.32 Å². The van der Waals surface area contributed by atoms with E-state index in [4.69, 9.17) is 0 Å². The van der Waals surface area contributed by atoms with Gasteiger partial charge in [-0.2, -0.15) is 11.8 Å². The largest absolute Gasteiger partial charge is 0.311 e. The molecule has 3 rings (SSSR count). The first-order valence-corrected chi connectivity index (χ1v) is 9.39. The van der Waals surface area contributed by atoms with Crippen LogP contribution in [-0.2, 0) is 0 Å². The first-order valence-electron chi connectivity index (χ1n) is 8.10. The number of hydrogen-bond acceptors (Lipinski definition) is 2. The lowest BCUT2D eigenvalue weighted by molar-refractivity contribution is 0.240. The van der Waals surface area contributed by atoms with E-state index in [-0.39, 0.29) is 0 Å². The standard InChI is InChI=1S/C18H27NS/c1-13-6-8-14(9-7-13)15-10-17(11-15)19-16-4-3-5-18(12-16)20-2/h6-9,15-19H,3-5,10-12H2,1-2H3. The van der Waals surface area contributed by atoms with Gasteiger partial charge in [-0.25, -0.2) is 0 Å². The number of benzene rings is 1. The summed E-state index contributed by atoms with van der Waals surface area (Å²) in [7, 11) is 0. The molecule has 2 fully saturated rings. The molecule has 1 nitrogen and oxygen atoms in total. The van der Waals surface area contributed by atoms with E-state index in [2.05, 4.69) is 54.5 Å². The highest BCUT2D eigenvalue weighted by atomic mass is 32.2. The van der Waals surface area contributed by atoms with Gasteiger partial charge in [-0.15, -0.1) is 0 Å². The molecule has 0 amide bonds. The van der Waals surface area contributed by atoms with Gasteiger partial charge in [0.15, 0.2) is 0 Å². The zero-order chi connectivity index (χ0) is 13.9. The van der Waals surface area contributed by atoms with Gasteiger partial charge in [0.05, 0.1) is 0 Å². The molecule has 1 N–H and O–H groups in total. The minimum absolute atomic E-state index is 0.770. The number of aryl methyl sites for hydroxylation is 1. The Hall–Kier alpha value is -0.470. The summed E-state index contributed by atoms with van der Waals surface area (Å²) >= 11 is 2.06. The van der Waals surface area contributed by atoms with E-state index in [0.29, 0.717) is 0 Å². The van der Waals surface area contributed by atoms with Gasteiger partial charge in [0.1, 0.15) is 0 Å². The molecule has 2 unspecified atom stereocenters. The lowest BCUT2D eigenvalue weighted by Crippen LogP contribution is -2.47. The average Bonchev–Trinajstić information content (AvgIpc) is 2.44. The lowest BCUT2D eigenvalue weighted by atomic mass is 9.75. The van der Waals surface area contributed by atoms with Gasteiger partial charge in [-0.3, -0.25) is 0 Å². The maximum Gasteiger partial charge on any atom is 0.00813 e. The van der Waals surface area contributed by atoms with E-state index in [1.54, 1.807) is 5.56 Å². The molecule has 0 radical (unpaired) electrons. The van der Waals surface area contributed by atoms with Crippen molar-refractivity contribution in [3.8, 4) is 0 Å². The molecule has 0 saturated heterocycles. The second-order valence-corrected chi connectivity index (χ2v) is 7.80. The van der Waals surface area contributed by atoms with Crippen LogP contribution in [0.5, 0.6) is 0 Å². The van der Waals surface area contributed by atoms with E-state index in [0.717, 1.165) is 23.3 Å². The SMILES string of the molecule is CSC1CCCC(NC2CC(c3ccc(C)cc3)C2)C1. The van der Waals surface area contributed by atoms with Crippen molar-refractivity contribution in [3.63, 3.8) is 0 Å². The van der Waals surface area contributed by atoms with Gasteiger partial charge in [0.2, 0.25) is 0 Å². The minimum atomic E-state index is 0.770. The van der Waals surface area contributed by atoms with E-state index in [1.165, 1.54) is 44.1 Å². The van der Waals surface area contributed by atoms with Crippen molar-refractivity contribution in [1.82, 2.24) is 5.32 Å². The van der Waals surface area contributed by atoms with Crippen LogP contribution in [0.4, 0.5) is 0 Å². The maximum atomic E-state index is 3.92. The molecule has 0 aromatic heterocycles. The van der Waals surface area contributed by atoms with Crippen LogP contribution < -0.4 is 5.32 Å². The quantitative estimate of drug-likeness (QED) is 0.875. The first kappa shape index (κ1) is 14.5. The highest BCUT2D eigenvalue weighted by Crippen LogP contribution is 2.38. The Morgan fingerprint density at radius 3 is 2.45 bits per heavy atom. The van der Waals surface area contributed by atoms with Gasteiger partial charge in [0, 0.05) is 17.3 Å². The van der Waals surface area contributed by atoms with Gasteiger partial charge in [-0.1, -0.05) is 36.2 Å². The van der Waals surface area contributed by atoms with Crippen molar-refractivity contribution in [2.75, 3.05) is 6.26 Å². The number of thioether (sulfide) groups is 1. The van der Waals surface area contributed by atoms with Crippen LogP contribution in [0.25, 0.3) is 0 Å². The molecular formula is C18H27NS. The van der Waals surface area contributed by atoms with Crippen LogP contribution >= 0.6 is 11.8 Å². The topological polar surface area (TPSA) is 12.0 Å². The molecule has 2 aliphatic carbocycles. The third kappa shape index (κ3) is 3.40. The Morgan fingerprint density at radius 2 is 1.75 bits per heavy atom. The second-order valence-electron chi connectivity index (χ2n) is 6.66. The molecule has 0 aliphatic heterocycles. The van der Waals surface area contributed by atoms with E-state index in [1.807, 2.05) is 0 Å². The zero-order valence-electron chi connectivity index (χ0n) is 12.8.